The number of carbonyl (C=O) groups is 2. The molecule has 0 aromatic heterocycles. The molecule has 1 N–H and O–H groups in total. The highest BCUT2D eigenvalue weighted by Crippen LogP contribution is 2.17. The molecular formula is C16H12BrF2NO3. The first-order chi connectivity index (χ1) is 10.9. The van der Waals surface area contributed by atoms with Crippen molar-refractivity contribution in [3.05, 3.63) is 64.1 Å². The van der Waals surface area contributed by atoms with Crippen LogP contribution in [0.25, 0.3) is 0 Å². The molecule has 1 atom stereocenters. The van der Waals surface area contributed by atoms with E-state index in [2.05, 4.69) is 21.2 Å². The van der Waals surface area contributed by atoms with Crippen molar-refractivity contribution in [2.24, 2.45) is 0 Å². The van der Waals surface area contributed by atoms with Gasteiger partial charge in [0.15, 0.2) is 6.10 Å². The monoisotopic (exact) mass is 383 g/mol. The van der Waals surface area contributed by atoms with Crippen molar-refractivity contribution < 1.29 is 23.1 Å². The average Bonchev–Trinajstić information content (AvgIpc) is 2.49. The molecule has 0 spiro atoms. The summed E-state index contributed by atoms with van der Waals surface area (Å²) in [6, 6.07) is 9.08. The highest BCUT2D eigenvalue weighted by Gasteiger charge is 2.21. The van der Waals surface area contributed by atoms with Crippen LogP contribution in [0.15, 0.2) is 46.9 Å². The molecule has 120 valence electrons. The Hall–Kier alpha value is -2.28. The fraction of sp³-hybridized carbons (Fsp3) is 0.125. The molecule has 2 rings (SSSR count). The van der Waals surface area contributed by atoms with Crippen LogP contribution in [0.2, 0.25) is 0 Å². The standard InChI is InChI=1S/C16H12BrF2NO3/c1-9(15(21)20-12-4-2-3-11(18)8-12)23-16(22)13-7-10(17)5-6-14(13)19/h2-9H,1H3,(H,20,21)/t9-/m0/s1. The molecule has 2 aromatic carbocycles. The molecular weight excluding hydrogens is 372 g/mol. The maximum atomic E-state index is 13.6. The topological polar surface area (TPSA) is 55.4 Å². The minimum absolute atomic E-state index is 0.228. The van der Waals surface area contributed by atoms with E-state index in [4.69, 9.17) is 4.74 Å². The third-order valence-corrected chi connectivity index (χ3v) is 3.39. The summed E-state index contributed by atoms with van der Waals surface area (Å²) in [6.45, 7) is 1.34. The van der Waals surface area contributed by atoms with Crippen LogP contribution in [-0.4, -0.2) is 18.0 Å². The van der Waals surface area contributed by atoms with Crippen molar-refractivity contribution >= 4 is 33.5 Å². The SMILES string of the molecule is C[C@H](OC(=O)c1cc(Br)ccc1F)C(=O)Nc1cccc(F)c1. The van der Waals surface area contributed by atoms with Crippen LogP contribution in [0.5, 0.6) is 0 Å². The van der Waals surface area contributed by atoms with Gasteiger partial charge in [-0.25, -0.2) is 13.6 Å². The Kier molecular flexibility index (Phi) is 5.44. The molecule has 0 unspecified atom stereocenters. The molecule has 7 heteroatoms. The van der Waals surface area contributed by atoms with Crippen molar-refractivity contribution in [2.75, 3.05) is 5.32 Å². The minimum atomic E-state index is -1.18. The number of esters is 1. The van der Waals surface area contributed by atoms with Gasteiger partial charge in [0.2, 0.25) is 0 Å². The Morgan fingerprint density at radius 2 is 1.91 bits per heavy atom. The summed E-state index contributed by atoms with van der Waals surface area (Å²) in [4.78, 5) is 23.8. The zero-order chi connectivity index (χ0) is 17.0. The third-order valence-electron chi connectivity index (χ3n) is 2.89. The van der Waals surface area contributed by atoms with E-state index in [1.807, 2.05) is 0 Å². The van der Waals surface area contributed by atoms with Crippen LogP contribution < -0.4 is 5.32 Å². The Morgan fingerprint density at radius 3 is 2.61 bits per heavy atom. The van der Waals surface area contributed by atoms with Crippen LogP contribution in [0, 0.1) is 11.6 Å². The predicted octanol–water partition coefficient (Wildman–Crippen LogP) is 3.91. The number of nitrogens with one attached hydrogen (secondary N) is 1. The van der Waals surface area contributed by atoms with Gasteiger partial charge in [-0.3, -0.25) is 4.79 Å². The van der Waals surface area contributed by atoms with E-state index in [9.17, 15) is 18.4 Å². The molecule has 0 fully saturated rings. The summed E-state index contributed by atoms with van der Waals surface area (Å²) in [5.74, 6) is -2.88. The van der Waals surface area contributed by atoms with Gasteiger partial charge in [0.25, 0.3) is 5.91 Å². The van der Waals surface area contributed by atoms with E-state index in [1.54, 1.807) is 0 Å². The smallest absolute Gasteiger partial charge is 0.341 e. The molecule has 0 aliphatic heterocycles. The van der Waals surface area contributed by atoms with E-state index in [1.165, 1.54) is 37.3 Å². The third kappa shape index (κ3) is 4.59. The van der Waals surface area contributed by atoms with E-state index in [-0.39, 0.29) is 11.3 Å². The summed E-state index contributed by atoms with van der Waals surface area (Å²) < 4.78 is 32.1. The minimum Gasteiger partial charge on any atom is -0.449 e. The van der Waals surface area contributed by atoms with Crippen LogP contribution >= 0.6 is 15.9 Å². The Morgan fingerprint density at radius 1 is 1.17 bits per heavy atom. The second kappa shape index (κ2) is 7.32. The number of hydrogen-bond donors (Lipinski definition) is 1. The number of carbonyl (C=O) groups excluding carboxylic acids is 2. The Bertz CT molecular complexity index is 752. The van der Waals surface area contributed by atoms with Crippen molar-refractivity contribution in [1.82, 2.24) is 0 Å². The van der Waals surface area contributed by atoms with Crippen molar-refractivity contribution in [2.45, 2.75) is 13.0 Å². The quantitative estimate of drug-likeness (QED) is 0.814. The summed E-state index contributed by atoms with van der Waals surface area (Å²) in [5.41, 5.74) is -0.0590. The van der Waals surface area contributed by atoms with Gasteiger partial charge in [0, 0.05) is 10.2 Å². The zero-order valence-corrected chi connectivity index (χ0v) is 13.6. The molecule has 4 nitrogen and oxygen atoms in total. The van der Waals surface area contributed by atoms with Crippen molar-refractivity contribution in [1.29, 1.82) is 0 Å². The molecule has 1 amide bonds. The largest absolute Gasteiger partial charge is 0.449 e. The van der Waals surface area contributed by atoms with Crippen molar-refractivity contribution in [3.63, 3.8) is 0 Å². The van der Waals surface area contributed by atoms with Gasteiger partial charge in [-0.05, 0) is 43.3 Å². The maximum Gasteiger partial charge on any atom is 0.341 e. The highest BCUT2D eigenvalue weighted by molar-refractivity contribution is 9.10. The lowest BCUT2D eigenvalue weighted by Crippen LogP contribution is -2.30. The normalized spacial score (nSPS) is 11.7. The van der Waals surface area contributed by atoms with Crippen LogP contribution in [0.4, 0.5) is 14.5 Å². The van der Waals surface area contributed by atoms with E-state index in [0.29, 0.717) is 4.47 Å². The molecule has 0 heterocycles. The molecule has 0 aliphatic carbocycles. The van der Waals surface area contributed by atoms with E-state index >= 15 is 0 Å². The van der Waals surface area contributed by atoms with E-state index < -0.39 is 29.6 Å². The second-order valence-electron chi connectivity index (χ2n) is 4.67. The molecule has 0 bridgehead atoms. The Labute approximate surface area is 139 Å². The lowest BCUT2D eigenvalue weighted by molar-refractivity contribution is -0.123. The second-order valence-corrected chi connectivity index (χ2v) is 5.59. The maximum absolute atomic E-state index is 13.6. The van der Waals surface area contributed by atoms with Crippen LogP contribution in [-0.2, 0) is 9.53 Å². The first-order valence-electron chi connectivity index (χ1n) is 6.59. The van der Waals surface area contributed by atoms with Gasteiger partial charge in [-0.15, -0.1) is 0 Å². The first-order valence-corrected chi connectivity index (χ1v) is 7.38. The zero-order valence-electron chi connectivity index (χ0n) is 12.0. The summed E-state index contributed by atoms with van der Waals surface area (Å²) in [6.07, 6.45) is -1.18. The molecule has 2 aromatic rings. The number of anilines is 1. The van der Waals surface area contributed by atoms with Gasteiger partial charge in [0.1, 0.15) is 11.6 Å². The van der Waals surface area contributed by atoms with Crippen molar-refractivity contribution in [3.8, 4) is 0 Å². The molecule has 0 radical (unpaired) electrons. The molecule has 0 saturated carbocycles. The Balaban J connectivity index is 2.03. The van der Waals surface area contributed by atoms with Gasteiger partial charge in [-0.2, -0.15) is 0 Å². The van der Waals surface area contributed by atoms with Gasteiger partial charge in [0.05, 0.1) is 5.56 Å². The van der Waals surface area contributed by atoms with Gasteiger partial charge in [-0.1, -0.05) is 22.0 Å². The number of rotatable bonds is 4. The predicted molar refractivity (Wildman–Crippen MR) is 84.0 cm³/mol. The number of amides is 1. The van der Waals surface area contributed by atoms with E-state index in [0.717, 1.165) is 12.1 Å². The summed E-state index contributed by atoms with van der Waals surface area (Å²) in [5, 5.41) is 2.41. The highest BCUT2D eigenvalue weighted by atomic mass is 79.9. The number of benzene rings is 2. The molecule has 0 saturated heterocycles. The number of halogens is 3. The van der Waals surface area contributed by atoms with Crippen LogP contribution in [0.1, 0.15) is 17.3 Å². The summed E-state index contributed by atoms with van der Waals surface area (Å²) >= 11 is 3.12. The summed E-state index contributed by atoms with van der Waals surface area (Å²) in [7, 11) is 0. The average molecular weight is 384 g/mol. The lowest BCUT2D eigenvalue weighted by atomic mass is 10.2. The fourth-order valence-electron chi connectivity index (χ4n) is 1.74. The van der Waals surface area contributed by atoms with Gasteiger partial charge < -0.3 is 10.1 Å². The molecule has 23 heavy (non-hydrogen) atoms. The first kappa shape index (κ1) is 17.1. The van der Waals surface area contributed by atoms with Crippen LogP contribution in [0.3, 0.4) is 0 Å². The van der Waals surface area contributed by atoms with Gasteiger partial charge >= 0.3 is 5.97 Å². The lowest BCUT2D eigenvalue weighted by Gasteiger charge is -2.14. The molecule has 0 aliphatic rings. The number of hydrogen-bond acceptors (Lipinski definition) is 3. The number of ether oxygens (including phenoxy) is 1. The fourth-order valence-corrected chi connectivity index (χ4v) is 2.10.